The van der Waals surface area contributed by atoms with E-state index in [1.165, 1.54) is 22.2 Å². The molecule has 1 aromatic heterocycles. The summed E-state index contributed by atoms with van der Waals surface area (Å²) in [6.45, 7) is 5.61. The second-order valence-electron chi connectivity index (χ2n) is 4.61. The number of halogens is 1. The van der Waals surface area contributed by atoms with Gasteiger partial charge in [0.05, 0.1) is 3.79 Å². The van der Waals surface area contributed by atoms with Crippen LogP contribution in [0, 0.1) is 5.92 Å². The van der Waals surface area contributed by atoms with Gasteiger partial charge in [-0.05, 0) is 65.5 Å². The molecule has 1 N–H and O–H groups in total. The predicted molar refractivity (Wildman–Crippen MR) is 65.7 cm³/mol. The van der Waals surface area contributed by atoms with Gasteiger partial charge in [0, 0.05) is 12.1 Å². The maximum atomic E-state index is 3.64. The molecule has 0 atom stereocenters. The van der Waals surface area contributed by atoms with Gasteiger partial charge in [-0.15, -0.1) is 11.3 Å². The van der Waals surface area contributed by atoms with Crippen molar-refractivity contribution in [1.29, 1.82) is 0 Å². The van der Waals surface area contributed by atoms with Crippen LogP contribution in [-0.2, 0) is 6.54 Å². The molecule has 1 saturated carbocycles. The first-order valence-corrected chi connectivity index (χ1v) is 6.73. The molecule has 1 aromatic rings. The van der Waals surface area contributed by atoms with E-state index in [2.05, 4.69) is 46.5 Å². The van der Waals surface area contributed by atoms with Crippen LogP contribution < -0.4 is 5.32 Å². The Morgan fingerprint density at radius 3 is 2.79 bits per heavy atom. The van der Waals surface area contributed by atoms with Gasteiger partial charge in [0.25, 0.3) is 0 Å². The third-order valence-electron chi connectivity index (χ3n) is 2.97. The number of hydrogen-bond donors (Lipinski definition) is 1. The molecule has 0 aromatic carbocycles. The fourth-order valence-electron chi connectivity index (χ4n) is 1.72. The van der Waals surface area contributed by atoms with E-state index in [1.807, 2.05) is 0 Å². The Morgan fingerprint density at radius 2 is 2.29 bits per heavy atom. The van der Waals surface area contributed by atoms with E-state index in [1.54, 1.807) is 11.3 Å². The molecule has 1 aliphatic rings. The molecular weight excluding hydrogens is 258 g/mol. The average Bonchev–Trinajstić information content (AvgIpc) is 2.89. The summed E-state index contributed by atoms with van der Waals surface area (Å²) < 4.78 is 1.22. The molecule has 0 bridgehead atoms. The Hall–Kier alpha value is 0.140. The van der Waals surface area contributed by atoms with E-state index < -0.39 is 0 Å². The molecule has 0 saturated heterocycles. The van der Waals surface area contributed by atoms with Gasteiger partial charge < -0.3 is 5.32 Å². The predicted octanol–water partition coefficient (Wildman–Crippen LogP) is 3.79. The van der Waals surface area contributed by atoms with Crippen LogP contribution in [0.25, 0.3) is 0 Å². The summed E-state index contributed by atoms with van der Waals surface area (Å²) in [7, 11) is 0. The molecule has 1 nitrogen and oxygen atoms in total. The fraction of sp³-hybridized carbons (Fsp3) is 0.636. The molecule has 2 rings (SSSR count). The molecule has 3 heteroatoms. The summed E-state index contributed by atoms with van der Waals surface area (Å²) in [6, 6.07) is 2.20. The third-order valence-corrected chi connectivity index (χ3v) is 4.52. The number of rotatable bonds is 4. The van der Waals surface area contributed by atoms with Crippen molar-refractivity contribution in [2.75, 3.05) is 0 Å². The molecule has 0 radical (unpaired) electrons. The van der Waals surface area contributed by atoms with Crippen molar-refractivity contribution in [3.8, 4) is 0 Å². The third kappa shape index (κ3) is 2.59. The summed E-state index contributed by atoms with van der Waals surface area (Å²) >= 11 is 5.24. The Kier molecular flexibility index (Phi) is 3.01. The largest absolute Gasteiger partial charge is 0.307 e. The first-order chi connectivity index (χ1) is 6.58. The Morgan fingerprint density at radius 1 is 1.57 bits per heavy atom. The summed E-state index contributed by atoms with van der Waals surface area (Å²) in [6.07, 6.45) is 2.79. The molecule has 14 heavy (non-hydrogen) atoms. The smallest absolute Gasteiger partial charge is 0.0701 e. The molecule has 78 valence electrons. The minimum Gasteiger partial charge on any atom is -0.307 e. The molecule has 1 heterocycles. The van der Waals surface area contributed by atoms with Gasteiger partial charge in [-0.1, -0.05) is 0 Å². The van der Waals surface area contributed by atoms with Crippen LogP contribution in [0.3, 0.4) is 0 Å². The van der Waals surface area contributed by atoms with Crippen LogP contribution in [0.2, 0.25) is 0 Å². The molecule has 0 amide bonds. The van der Waals surface area contributed by atoms with E-state index in [0.717, 1.165) is 12.5 Å². The second-order valence-corrected chi connectivity index (χ2v) is 6.90. The van der Waals surface area contributed by atoms with Crippen LogP contribution in [0.5, 0.6) is 0 Å². The standard InChI is InChI=1S/C11H16BrNS/c1-11(2,9-3-4-9)13-6-8-5-10(12)14-7-8/h5,7,9,13H,3-4,6H2,1-2H3. The molecule has 0 spiro atoms. The lowest BCUT2D eigenvalue weighted by atomic mass is 9.98. The zero-order valence-electron chi connectivity index (χ0n) is 8.64. The van der Waals surface area contributed by atoms with E-state index in [4.69, 9.17) is 0 Å². The Balaban J connectivity index is 1.87. The maximum Gasteiger partial charge on any atom is 0.0701 e. The van der Waals surface area contributed by atoms with Crippen molar-refractivity contribution in [2.24, 2.45) is 5.92 Å². The first-order valence-electron chi connectivity index (χ1n) is 5.06. The first kappa shape index (κ1) is 10.7. The Labute approximate surface area is 98.0 Å². The topological polar surface area (TPSA) is 12.0 Å². The lowest BCUT2D eigenvalue weighted by Gasteiger charge is -2.26. The minimum atomic E-state index is 0.314. The lowest BCUT2D eigenvalue weighted by molar-refractivity contribution is 0.339. The van der Waals surface area contributed by atoms with Gasteiger partial charge in [-0.3, -0.25) is 0 Å². The van der Waals surface area contributed by atoms with Crippen molar-refractivity contribution in [1.82, 2.24) is 5.32 Å². The monoisotopic (exact) mass is 273 g/mol. The quantitative estimate of drug-likeness (QED) is 0.880. The van der Waals surface area contributed by atoms with E-state index in [0.29, 0.717) is 5.54 Å². The molecule has 0 unspecified atom stereocenters. The number of hydrogen-bond acceptors (Lipinski definition) is 2. The second kappa shape index (κ2) is 3.95. The lowest BCUT2D eigenvalue weighted by Crippen LogP contribution is -2.40. The normalized spacial score (nSPS) is 17.4. The van der Waals surface area contributed by atoms with Crippen molar-refractivity contribution in [2.45, 2.75) is 38.8 Å². The highest BCUT2D eigenvalue weighted by molar-refractivity contribution is 9.11. The highest BCUT2D eigenvalue weighted by Gasteiger charge is 2.37. The fourth-order valence-corrected chi connectivity index (χ4v) is 2.93. The van der Waals surface area contributed by atoms with Gasteiger partial charge >= 0.3 is 0 Å². The van der Waals surface area contributed by atoms with E-state index >= 15 is 0 Å². The highest BCUT2D eigenvalue weighted by atomic mass is 79.9. The SMILES string of the molecule is CC(C)(NCc1csc(Br)c1)C1CC1. The molecule has 1 fully saturated rings. The van der Waals surface area contributed by atoms with Gasteiger partial charge in [0.1, 0.15) is 0 Å². The van der Waals surface area contributed by atoms with Crippen molar-refractivity contribution in [3.63, 3.8) is 0 Å². The van der Waals surface area contributed by atoms with Crippen LogP contribution in [0.4, 0.5) is 0 Å². The van der Waals surface area contributed by atoms with Gasteiger partial charge in [0.2, 0.25) is 0 Å². The van der Waals surface area contributed by atoms with E-state index in [-0.39, 0.29) is 0 Å². The molecule has 1 aliphatic carbocycles. The van der Waals surface area contributed by atoms with Crippen molar-refractivity contribution >= 4 is 27.3 Å². The summed E-state index contributed by atoms with van der Waals surface area (Å²) in [5.41, 5.74) is 1.70. The van der Waals surface area contributed by atoms with Crippen molar-refractivity contribution in [3.05, 3.63) is 20.8 Å². The van der Waals surface area contributed by atoms with Gasteiger partial charge in [-0.2, -0.15) is 0 Å². The Bertz CT molecular complexity index is 315. The molecule has 0 aliphatic heterocycles. The van der Waals surface area contributed by atoms with Crippen LogP contribution in [-0.4, -0.2) is 5.54 Å². The number of thiophene rings is 1. The van der Waals surface area contributed by atoms with Gasteiger partial charge in [-0.25, -0.2) is 0 Å². The highest BCUT2D eigenvalue weighted by Crippen LogP contribution is 2.39. The van der Waals surface area contributed by atoms with E-state index in [9.17, 15) is 0 Å². The summed E-state index contributed by atoms with van der Waals surface area (Å²) in [5.74, 6) is 0.893. The number of nitrogens with one attached hydrogen (secondary N) is 1. The summed E-state index contributed by atoms with van der Waals surface area (Å²) in [5, 5.41) is 5.84. The van der Waals surface area contributed by atoms with Crippen LogP contribution >= 0.6 is 27.3 Å². The van der Waals surface area contributed by atoms with Gasteiger partial charge in [0.15, 0.2) is 0 Å². The minimum absolute atomic E-state index is 0.314. The zero-order chi connectivity index (χ0) is 10.2. The zero-order valence-corrected chi connectivity index (χ0v) is 11.0. The average molecular weight is 274 g/mol. The van der Waals surface area contributed by atoms with Crippen molar-refractivity contribution < 1.29 is 0 Å². The maximum absolute atomic E-state index is 3.64. The summed E-state index contributed by atoms with van der Waals surface area (Å²) in [4.78, 5) is 0. The van der Waals surface area contributed by atoms with Crippen LogP contribution in [0.1, 0.15) is 32.3 Å². The molecular formula is C11H16BrNS. The van der Waals surface area contributed by atoms with Crippen LogP contribution in [0.15, 0.2) is 15.2 Å².